The summed E-state index contributed by atoms with van der Waals surface area (Å²) in [4.78, 5) is 17.7. The SMILES string of the molecule is O=C([C@H]1CCCN1Cc1ccccc1)N1CCC(Cc2ccccc2)CC1. The number of likely N-dealkylation sites (tertiary alicyclic amines) is 2. The van der Waals surface area contributed by atoms with Crippen molar-refractivity contribution in [3.8, 4) is 0 Å². The molecule has 0 bridgehead atoms. The molecule has 0 N–H and O–H groups in total. The Labute approximate surface area is 163 Å². The maximum absolute atomic E-state index is 13.2. The summed E-state index contributed by atoms with van der Waals surface area (Å²) in [6.07, 6.45) is 5.55. The Hall–Kier alpha value is -2.13. The van der Waals surface area contributed by atoms with Crippen LogP contribution in [-0.4, -0.2) is 41.4 Å². The zero-order chi connectivity index (χ0) is 18.5. The van der Waals surface area contributed by atoms with Crippen LogP contribution in [0.1, 0.15) is 36.8 Å². The van der Waals surface area contributed by atoms with Crippen LogP contribution in [0, 0.1) is 5.92 Å². The van der Waals surface area contributed by atoms with Gasteiger partial charge in [0, 0.05) is 19.6 Å². The van der Waals surface area contributed by atoms with E-state index in [1.807, 2.05) is 0 Å². The Balaban J connectivity index is 1.30. The van der Waals surface area contributed by atoms with Crippen molar-refractivity contribution < 1.29 is 4.79 Å². The number of hydrogen-bond acceptors (Lipinski definition) is 2. The van der Waals surface area contributed by atoms with Crippen molar-refractivity contribution in [3.05, 3.63) is 71.8 Å². The summed E-state index contributed by atoms with van der Waals surface area (Å²) >= 11 is 0. The molecule has 1 amide bonds. The topological polar surface area (TPSA) is 23.6 Å². The quantitative estimate of drug-likeness (QED) is 0.798. The molecular formula is C24H30N2O. The average molecular weight is 363 g/mol. The summed E-state index contributed by atoms with van der Waals surface area (Å²) in [5.41, 5.74) is 2.73. The predicted molar refractivity (Wildman–Crippen MR) is 109 cm³/mol. The number of piperidine rings is 1. The summed E-state index contributed by atoms with van der Waals surface area (Å²) in [5.74, 6) is 1.07. The third-order valence-corrected chi connectivity index (χ3v) is 6.17. The van der Waals surface area contributed by atoms with E-state index in [1.165, 1.54) is 11.1 Å². The van der Waals surface area contributed by atoms with Gasteiger partial charge in [-0.05, 0) is 55.7 Å². The molecule has 2 fully saturated rings. The number of amides is 1. The van der Waals surface area contributed by atoms with Gasteiger partial charge in [-0.3, -0.25) is 9.69 Å². The van der Waals surface area contributed by atoms with Crippen molar-refractivity contribution >= 4 is 5.91 Å². The second-order valence-corrected chi connectivity index (χ2v) is 8.07. The van der Waals surface area contributed by atoms with Gasteiger partial charge in [-0.25, -0.2) is 0 Å². The van der Waals surface area contributed by atoms with Crippen LogP contribution in [0.2, 0.25) is 0 Å². The first-order chi connectivity index (χ1) is 13.3. The van der Waals surface area contributed by atoms with Crippen molar-refractivity contribution in [2.75, 3.05) is 19.6 Å². The lowest BCUT2D eigenvalue weighted by molar-refractivity contribution is -0.137. The first-order valence-electron chi connectivity index (χ1n) is 10.4. The van der Waals surface area contributed by atoms with Gasteiger partial charge >= 0.3 is 0 Å². The van der Waals surface area contributed by atoms with Crippen molar-refractivity contribution in [3.63, 3.8) is 0 Å². The highest BCUT2D eigenvalue weighted by Gasteiger charge is 2.34. The molecule has 2 saturated heterocycles. The Kier molecular flexibility index (Phi) is 5.88. The fraction of sp³-hybridized carbons (Fsp3) is 0.458. The zero-order valence-electron chi connectivity index (χ0n) is 16.1. The van der Waals surface area contributed by atoms with E-state index >= 15 is 0 Å². The molecule has 4 rings (SSSR count). The smallest absolute Gasteiger partial charge is 0.239 e. The molecule has 2 aliphatic heterocycles. The molecule has 2 aromatic rings. The Morgan fingerprint density at radius 2 is 1.44 bits per heavy atom. The van der Waals surface area contributed by atoms with Crippen LogP contribution in [0.25, 0.3) is 0 Å². The van der Waals surface area contributed by atoms with Crippen LogP contribution in [0.4, 0.5) is 0 Å². The minimum absolute atomic E-state index is 0.0795. The maximum atomic E-state index is 13.2. The van der Waals surface area contributed by atoms with E-state index in [-0.39, 0.29) is 6.04 Å². The minimum atomic E-state index is 0.0795. The largest absolute Gasteiger partial charge is 0.341 e. The Bertz CT molecular complexity index is 723. The summed E-state index contributed by atoms with van der Waals surface area (Å²) < 4.78 is 0. The molecule has 2 aromatic carbocycles. The van der Waals surface area contributed by atoms with E-state index in [0.29, 0.717) is 11.8 Å². The van der Waals surface area contributed by atoms with E-state index in [4.69, 9.17) is 0 Å². The molecule has 2 heterocycles. The minimum Gasteiger partial charge on any atom is -0.341 e. The van der Waals surface area contributed by atoms with Crippen LogP contribution in [-0.2, 0) is 17.8 Å². The van der Waals surface area contributed by atoms with Crippen LogP contribution < -0.4 is 0 Å². The predicted octanol–water partition coefficient (Wildman–Crippen LogP) is 4.13. The Morgan fingerprint density at radius 1 is 0.815 bits per heavy atom. The van der Waals surface area contributed by atoms with Crippen molar-refractivity contribution in [2.24, 2.45) is 5.92 Å². The first-order valence-corrected chi connectivity index (χ1v) is 10.4. The summed E-state index contributed by atoms with van der Waals surface area (Å²) in [5, 5.41) is 0. The third-order valence-electron chi connectivity index (χ3n) is 6.17. The van der Waals surface area contributed by atoms with Gasteiger partial charge in [0.2, 0.25) is 5.91 Å². The fourth-order valence-corrected chi connectivity index (χ4v) is 4.63. The molecule has 0 spiro atoms. The summed E-state index contributed by atoms with van der Waals surface area (Å²) in [6.45, 7) is 3.77. The molecule has 2 aliphatic rings. The molecular weight excluding hydrogens is 332 g/mol. The highest BCUT2D eigenvalue weighted by Crippen LogP contribution is 2.26. The van der Waals surface area contributed by atoms with Gasteiger partial charge < -0.3 is 4.90 Å². The van der Waals surface area contributed by atoms with Gasteiger partial charge in [0.1, 0.15) is 0 Å². The number of rotatable bonds is 5. The number of carbonyl (C=O) groups excluding carboxylic acids is 1. The molecule has 0 radical (unpaired) electrons. The maximum Gasteiger partial charge on any atom is 0.239 e. The second-order valence-electron chi connectivity index (χ2n) is 8.07. The van der Waals surface area contributed by atoms with Crippen molar-refractivity contribution in [2.45, 2.75) is 44.7 Å². The standard InChI is InChI=1S/C24H30N2O/c27-24(23-12-7-15-26(23)19-22-10-5-2-6-11-22)25-16-13-21(14-17-25)18-20-8-3-1-4-9-20/h1-6,8-11,21,23H,7,12-19H2/t23-/m1/s1. The van der Waals surface area contributed by atoms with E-state index < -0.39 is 0 Å². The highest BCUT2D eigenvalue weighted by atomic mass is 16.2. The lowest BCUT2D eigenvalue weighted by Crippen LogP contribution is -2.48. The normalized spacial score (nSPS) is 21.5. The number of hydrogen-bond donors (Lipinski definition) is 0. The lowest BCUT2D eigenvalue weighted by Gasteiger charge is -2.35. The molecule has 0 aliphatic carbocycles. The molecule has 0 saturated carbocycles. The summed E-state index contributed by atoms with van der Waals surface area (Å²) in [6, 6.07) is 21.4. The van der Waals surface area contributed by atoms with Crippen molar-refractivity contribution in [1.82, 2.24) is 9.80 Å². The van der Waals surface area contributed by atoms with Crippen LogP contribution in [0.5, 0.6) is 0 Å². The molecule has 0 aromatic heterocycles. The molecule has 3 nitrogen and oxygen atoms in total. The monoisotopic (exact) mass is 362 g/mol. The van der Waals surface area contributed by atoms with Gasteiger partial charge in [-0.2, -0.15) is 0 Å². The van der Waals surface area contributed by atoms with Gasteiger partial charge in [0.25, 0.3) is 0 Å². The van der Waals surface area contributed by atoms with Gasteiger partial charge in [0.05, 0.1) is 6.04 Å². The van der Waals surface area contributed by atoms with Crippen LogP contribution in [0.15, 0.2) is 60.7 Å². The zero-order valence-corrected chi connectivity index (χ0v) is 16.1. The van der Waals surface area contributed by atoms with Crippen LogP contribution >= 0.6 is 0 Å². The van der Waals surface area contributed by atoms with E-state index in [9.17, 15) is 4.79 Å². The molecule has 1 atom stereocenters. The number of carbonyl (C=O) groups is 1. The summed E-state index contributed by atoms with van der Waals surface area (Å²) in [7, 11) is 0. The van der Waals surface area contributed by atoms with Crippen LogP contribution in [0.3, 0.4) is 0 Å². The van der Waals surface area contributed by atoms with Gasteiger partial charge in [0.15, 0.2) is 0 Å². The lowest BCUT2D eigenvalue weighted by atomic mass is 9.90. The van der Waals surface area contributed by atoms with E-state index in [1.54, 1.807) is 0 Å². The van der Waals surface area contributed by atoms with E-state index in [0.717, 1.165) is 58.3 Å². The number of nitrogens with zero attached hydrogens (tertiary/aromatic N) is 2. The first kappa shape index (κ1) is 18.2. The van der Waals surface area contributed by atoms with Crippen molar-refractivity contribution in [1.29, 1.82) is 0 Å². The molecule has 27 heavy (non-hydrogen) atoms. The Morgan fingerprint density at radius 3 is 2.11 bits per heavy atom. The fourth-order valence-electron chi connectivity index (χ4n) is 4.63. The molecule has 0 unspecified atom stereocenters. The van der Waals surface area contributed by atoms with E-state index in [2.05, 4.69) is 70.5 Å². The molecule has 142 valence electrons. The highest BCUT2D eigenvalue weighted by molar-refractivity contribution is 5.82. The average Bonchev–Trinajstić information content (AvgIpc) is 3.18. The third kappa shape index (κ3) is 4.59. The van der Waals surface area contributed by atoms with Gasteiger partial charge in [-0.1, -0.05) is 60.7 Å². The molecule has 3 heteroatoms. The second kappa shape index (κ2) is 8.71. The van der Waals surface area contributed by atoms with Gasteiger partial charge in [-0.15, -0.1) is 0 Å². The number of benzene rings is 2.